The van der Waals surface area contributed by atoms with Crippen molar-refractivity contribution in [3.8, 4) is 33.4 Å². The molecule has 0 heterocycles. The van der Waals surface area contributed by atoms with E-state index in [4.69, 9.17) is 0 Å². The van der Waals surface area contributed by atoms with Gasteiger partial charge < -0.3 is 0 Å². The first kappa shape index (κ1) is 25.9. The molecule has 0 unspecified atom stereocenters. The third-order valence-corrected chi connectivity index (χ3v) is 9.02. The first-order valence-electron chi connectivity index (χ1n) is 15.1. The van der Waals surface area contributed by atoms with Crippen molar-refractivity contribution in [3.05, 3.63) is 170 Å². The van der Waals surface area contributed by atoms with E-state index >= 15 is 0 Å². The van der Waals surface area contributed by atoms with E-state index in [2.05, 4.69) is 159 Å². The average Bonchev–Trinajstić information content (AvgIpc) is 3.09. The molecule has 8 aromatic rings. The summed E-state index contributed by atoms with van der Waals surface area (Å²) in [5.74, 6) is 0. The minimum Gasteiger partial charge on any atom is -0.0984 e. The highest BCUT2D eigenvalue weighted by atomic mass is 14.2. The molecule has 0 atom stereocenters. The van der Waals surface area contributed by atoms with Crippen molar-refractivity contribution >= 4 is 55.2 Å². The fraction of sp³-hybridized carbons (Fsp3) is 0. The monoisotopic (exact) mass is 558 g/mol. The predicted molar refractivity (Wildman–Crippen MR) is 193 cm³/mol. The van der Waals surface area contributed by atoms with Crippen molar-refractivity contribution in [2.24, 2.45) is 0 Å². The molecule has 8 rings (SSSR count). The van der Waals surface area contributed by atoms with Gasteiger partial charge in [-0.15, -0.1) is 0 Å². The summed E-state index contributed by atoms with van der Waals surface area (Å²) in [6.45, 7) is 8.46. The summed E-state index contributed by atoms with van der Waals surface area (Å²) in [6, 6.07) is 52.8. The van der Waals surface area contributed by atoms with Crippen LogP contribution in [0.3, 0.4) is 0 Å². The molecule has 0 heteroatoms. The zero-order chi connectivity index (χ0) is 29.6. The van der Waals surface area contributed by atoms with Crippen molar-refractivity contribution in [2.75, 3.05) is 0 Å². The van der Waals surface area contributed by atoms with Crippen LogP contribution in [0.4, 0.5) is 0 Å². The molecular formula is C44H30. The highest BCUT2D eigenvalue weighted by Crippen LogP contribution is 2.48. The van der Waals surface area contributed by atoms with Gasteiger partial charge in [0.1, 0.15) is 0 Å². The molecule has 0 saturated heterocycles. The Kier molecular flexibility index (Phi) is 6.21. The zero-order valence-electron chi connectivity index (χ0n) is 24.4. The molecule has 0 nitrogen and oxygen atoms in total. The van der Waals surface area contributed by atoms with Crippen LogP contribution in [-0.2, 0) is 0 Å². The third-order valence-electron chi connectivity index (χ3n) is 9.02. The molecule has 0 fully saturated rings. The second-order valence-electron chi connectivity index (χ2n) is 11.3. The van der Waals surface area contributed by atoms with E-state index in [-0.39, 0.29) is 0 Å². The van der Waals surface area contributed by atoms with Crippen LogP contribution in [0.15, 0.2) is 159 Å². The maximum Gasteiger partial charge on any atom is -0.00201 e. The molecule has 0 amide bonds. The van der Waals surface area contributed by atoms with Crippen LogP contribution in [-0.4, -0.2) is 0 Å². The lowest BCUT2D eigenvalue weighted by atomic mass is 9.81. The maximum atomic E-state index is 4.26. The molecule has 206 valence electrons. The summed E-state index contributed by atoms with van der Waals surface area (Å²) in [7, 11) is 0. The Hall–Kier alpha value is -5.72. The van der Waals surface area contributed by atoms with Gasteiger partial charge in [-0.2, -0.15) is 0 Å². The first-order valence-corrected chi connectivity index (χ1v) is 15.1. The molecule has 0 aliphatic rings. The second kappa shape index (κ2) is 10.5. The summed E-state index contributed by atoms with van der Waals surface area (Å²) < 4.78 is 0. The summed E-state index contributed by atoms with van der Waals surface area (Å²) in [4.78, 5) is 0. The van der Waals surface area contributed by atoms with Gasteiger partial charge >= 0.3 is 0 Å². The average molecular weight is 559 g/mol. The predicted octanol–water partition coefficient (Wildman–Crippen LogP) is 12.6. The molecule has 0 aliphatic carbocycles. The van der Waals surface area contributed by atoms with Gasteiger partial charge in [-0.3, -0.25) is 0 Å². The normalized spacial score (nSPS) is 11.4. The van der Waals surface area contributed by atoms with E-state index in [9.17, 15) is 0 Å². The van der Waals surface area contributed by atoms with E-state index < -0.39 is 0 Å². The van der Waals surface area contributed by atoms with Gasteiger partial charge in [0, 0.05) is 0 Å². The van der Waals surface area contributed by atoms with Gasteiger partial charge in [0.2, 0.25) is 0 Å². The minimum atomic E-state index is 1.10. The Balaban J connectivity index is 1.51. The van der Waals surface area contributed by atoms with E-state index in [1.807, 2.05) is 12.2 Å². The molecular weight excluding hydrogens is 528 g/mol. The van der Waals surface area contributed by atoms with Gasteiger partial charge in [-0.05, 0) is 93.7 Å². The van der Waals surface area contributed by atoms with E-state index in [1.165, 1.54) is 70.9 Å². The van der Waals surface area contributed by atoms with E-state index in [0.29, 0.717) is 0 Å². The zero-order valence-corrected chi connectivity index (χ0v) is 24.4. The van der Waals surface area contributed by atoms with Gasteiger partial charge in [0.05, 0.1) is 0 Å². The minimum absolute atomic E-state index is 1.10. The van der Waals surface area contributed by atoms with Gasteiger partial charge in [0.25, 0.3) is 0 Å². The fourth-order valence-corrected chi connectivity index (χ4v) is 7.14. The molecule has 0 N–H and O–H groups in total. The lowest BCUT2D eigenvalue weighted by Crippen LogP contribution is -1.95. The number of rotatable bonds is 5. The van der Waals surface area contributed by atoms with Crippen LogP contribution < -0.4 is 0 Å². The molecule has 8 aromatic carbocycles. The van der Waals surface area contributed by atoms with Crippen LogP contribution in [0.25, 0.3) is 88.6 Å². The highest BCUT2D eigenvalue weighted by Gasteiger charge is 2.21. The van der Waals surface area contributed by atoms with E-state index in [1.54, 1.807) is 0 Å². The Morgan fingerprint density at radius 3 is 1.36 bits per heavy atom. The second-order valence-corrected chi connectivity index (χ2v) is 11.3. The molecule has 0 saturated carbocycles. The van der Waals surface area contributed by atoms with Crippen molar-refractivity contribution < 1.29 is 0 Å². The summed E-state index contributed by atoms with van der Waals surface area (Å²) in [6.07, 6.45) is 3.95. The SMILES string of the molecule is C=Cc1c(-c2ccccc2-c2c3ccccc3c(-c3cccc4ccccc34)c3ccccc23)cc2ccccc2c1C=C. The van der Waals surface area contributed by atoms with Crippen LogP contribution in [0.1, 0.15) is 11.1 Å². The molecule has 0 spiro atoms. The molecule has 0 radical (unpaired) electrons. The van der Waals surface area contributed by atoms with Crippen LogP contribution in [0.5, 0.6) is 0 Å². The fourth-order valence-electron chi connectivity index (χ4n) is 7.14. The van der Waals surface area contributed by atoms with E-state index in [0.717, 1.165) is 16.7 Å². The van der Waals surface area contributed by atoms with Crippen molar-refractivity contribution in [2.45, 2.75) is 0 Å². The van der Waals surface area contributed by atoms with Crippen LogP contribution >= 0.6 is 0 Å². The quantitative estimate of drug-likeness (QED) is 0.184. The molecule has 44 heavy (non-hydrogen) atoms. The number of hydrogen-bond donors (Lipinski definition) is 0. The first-order chi connectivity index (χ1) is 21.8. The van der Waals surface area contributed by atoms with Gasteiger partial charge in [0.15, 0.2) is 0 Å². The number of fused-ring (bicyclic) bond motifs is 4. The summed E-state index contributed by atoms with van der Waals surface area (Å²) >= 11 is 0. The molecule has 0 bridgehead atoms. The lowest BCUT2D eigenvalue weighted by molar-refractivity contribution is 1.59. The Morgan fingerprint density at radius 2 is 0.750 bits per heavy atom. The molecule has 0 aliphatic heterocycles. The Labute approximate surface area is 257 Å². The smallest absolute Gasteiger partial charge is 0.00201 e. The summed E-state index contributed by atoms with van der Waals surface area (Å²) in [5.41, 5.74) is 9.56. The Bertz CT molecular complexity index is 2360. The summed E-state index contributed by atoms with van der Waals surface area (Å²) in [5, 5.41) is 9.88. The van der Waals surface area contributed by atoms with Crippen LogP contribution in [0.2, 0.25) is 0 Å². The topological polar surface area (TPSA) is 0 Å². The van der Waals surface area contributed by atoms with Crippen LogP contribution in [0, 0.1) is 0 Å². The number of benzene rings is 8. The lowest BCUT2D eigenvalue weighted by Gasteiger charge is -2.21. The van der Waals surface area contributed by atoms with Gasteiger partial charge in [-0.1, -0.05) is 165 Å². The molecule has 0 aromatic heterocycles. The van der Waals surface area contributed by atoms with Gasteiger partial charge in [-0.25, -0.2) is 0 Å². The third kappa shape index (κ3) is 3.92. The highest BCUT2D eigenvalue weighted by molar-refractivity contribution is 6.24. The van der Waals surface area contributed by atoms with Crippen molar-refractivity contribution in [3.63, 3.8) is 0 Å². The maximum absolute atomic E-state index is 4.26. The number of hydrogen-bond acceptors (Lipinski definition) is 0. The largest absolute Gasteiger partial charge is 0.0984 e. The van der Waals surface area contributed by atoms with Crippen molar-refractivity contribution in [1.29, 1.82) is 0 Å². The van der Waals surface area contributed by atoms with Crippen molar-refractivity contribution in [1.82, 2.24) is 0 Å². The Morgan fingerprint density at radius 1 is 0.318 bits per heavy atom. The standard InChI is InChI=1S/C44H30/c1-3-31-32(4-2)42(28-30-17-6-8-20-34(30)31)35-21-9-10-22-37(35)44-40-25-13-11-23-38(40)43(39-24-12-14-26-41(39)44)36-27-15-18-29-16-5-7-19-33(29)36/h3-28H,1-2H2.